The van der Waals surface area contributed by atoms with Gasteiger partial charge < -0.3 is 28.5 Å². The van der Waals surface area contributed by atoms with E-state index in [9.17, 15) is 14.7 Å². The minimum absolute atomic E-state index is 0.100. The number of ether oxygens (including phenoxy) is 4. The third-order valence-corrected chi connectivity index (χ3v) is 11.6. The van der Waals surface area contributed by atoms with E-state index in [0.717, 1.165) is 28.5 Å². The summed E-state index contributed by atoms with van der Waals surface area (Å²) in [4.78, 5) is 29.6. The third-order valence-electron chi connectivity index (χ3n) is 11.6. The molecule has 55 heavy (non-hydrogen) atoms. The summed E-state index contributed by atoms with van der Waals surface area (Å²) in [6, 6.07) is 13.9. The Morgan fingerprint density at radius 1 is 0.945 bits per heavy atom. The van der Waals surface area contributed by atoms with E-state index in [-0.39, 0.29) is 19.0 Å². The van der Waals surface area contributed by atoms with E-state index in [1.807, 2.05) is 66.7 Å². The van der Waals surface area contributed by atoms with Crippen molar-refractivity contribution in [2.75, 3.05) is 51.7 Å². The molecule has 1 aliphatic heterocycles. The molecule has 300 valence electrons. The Hall–Kier alpha value is -4.57. The molecule has 1 aliphatic rings. The highest BCUT2D eigenvalue weighted by Gasteiger charge is 2.68. The van der Waals surface area contributed by atoms with Crippen molar-refractivity contribution in [1.82, 2.24) is 9.55 Å². The van der Waals surface area contributed by atoms with E-state index in [1.165, 1.54) is 6.07 Å². The molecule has 5 rings (SSSR count). The van der Waals surface area contributed by atoms with Crippen molar-refractivity contribution < 1.29 is 51.0 Å². The van der Waals surface area contributed by atoms with Crippen LogP contribution in [0.5, 0.6) is 11.5 Å². The van der Waals surface area contributed by atoms with Crippen LogP contribution in [0, 0.1) is 6.92 Å². The summed E-state index contributed by atoms with van der Waals surface area (Å²) in [5.41, 5.74) is 1.31. The SMILES string of the molecule is CC[N+](CC)(CC)C([C@H]1O[C@@H](n2ccc(NC(=O)OCc3ccc(OCc4cc5cc(OC)cc(C)c5o4)cc3)nc2=O)C(F)(F)[C@@H]1O)[N+](CC)(CC)CC. The van der Waals surface area contributed by atoms with Crippen LogP contribution in [-0.4, -0.2) is 100 Å². The summed E-state index contributed by atoms with van der Waals surface area (Å²) >= 11 is 0. The maximum Gasteiger partial charge on any atom is 0.413 e. The first-order valence-electron chi connectivity index (χ1n) is 19.0. The molecule has 2 aromatic carbocycles. The quantitative estimate of drug-likeness (QED) is 0.0899. The van der Waals surface area contributed by atoms with Crippen molar-refractivity contribution in [2.45, 2.75) is 92.2 Å². The number of nitrogens with zero attached hydrogens (tertiary/aromatic N) is 4. The number of fused-ring (bicyclic) bond motifs is 1. The van der Waals surface area contributed by atoms with Gasteiger partial charge in [-0.25, -0.2) is 9.59 Å². The van der Waals surface area contributed by atoms with Gasteiger partial charge in [-0.15, -0.1) is 0 Å². The number of hydrogen-bond donors (Lipinski definition) is 2. The van der Waals surface area contributed by atoms with Crippen molar-refractivity contribution in [1.29, 1.82) is 0 Å². The summed E-state index contributed by atoms with van der Waals surface area (Å²) in [5, 5.41) is 14.5. The van der Waals surface area contributed by atoms with Crippen LogP contribution in [0.4, 0.5) is 19.4 Å². The van der Waals surface area contributed by atoms with Crippen molar-refractivity contribution in [2.24, 2.45) is 0 Å². The lowest BCUT2D eigenvalue weighted by Gasteiger charge is -2.54. The number of rotatable bonds is 17. The molecule has 0 unspecified atom stereocenters. The second-order valence-electron chi connectivity index (χ2n) is 14.0. The summed E-state index contributed by atoms with van der Waals surface area (Å²) in [6.07, 6.45) is -5.88. The lowest BCUT2D eigenvalue weighted by Crippen LogP contribution is -2.75. The topological polar surface area (TPSA) is 134 Å². The van der Waals surface area contributed by atoms with Crippen LogP contribution in [0.1, 0.15) is 64.7 Å². The lowest BCUT2D eigenvalue weighted by molar-refractivity contribution is -1.13. The van der Waals surface area contributed by atoms with E-state index >= 15 is 8.78 Å². The predicted molar refractivity (Wildman–Crippen MR) is 203 cm³/mol. The van der Waals surface area contributed by atoms with Crippen LogP contribution in [0.3, 0.4) is 0 Å². The summed E-state index contributed by atoms with van der Waals surface area (Å²) < 4.78 is 62.1. The fourth-order valence-corrected chi connectivity index (χ4v) is 8.09. The van der Waals surface area contributed by atoms with E-state index in [0.29, 0.717) is 69.9 Å². The van der Waals surface area contributed by atoms with Crippen LogP contribution in [0.25, 0.3) is 11.0 Å². The third kappa shape index (κ3) is 8.20. The summed E-state index contributed by atoms with van der Waals surface area (Å²) in [5.74, 6) is -2.02. The van der Waals surface area contributed by atoms with E-state index in [2.05, 4.69) is 10.3 Å². The smallest absolute Gasteiger partial charge is 0.413 e. The molecule has 1 fully saturated rings. The van der Waals surface area contributed by atoms with Gasteiger partial charge >= 0.3 is 17.7 Å². The van der Waals surface area contributed by atoms with Crippen LogP contribution in [0.15, 0.2) is 63.9 Å². The summed E-state index contributed by atoms with van der Waals surface area (Å²) in [6.45, 7) is 18.1. The van der Waals surface area contributed by atoms with E-state index in [1.54, 1.807) is 31.4 Å². The van der Waals surface area contributed by atoms with Gasteiger partial charge in [-0.1, -0.05) is 12.1 Å². The van der Waals surface area contributed by atoms with Crippen molar-refractivity contribution in [3.05, 3.63) is 82.1 Å². The zero-order valence-corrected chi connectivity index (χ0v) is 33.0. The molecule has 2 N–H and O–H groups in total. The van der Waals surface area contributed by atoms with Gasteiger partial charge in [0.25, 0.3) is 0 Å². The molecule has 0 bridgehead atoms. The molecule has 0 aliphatic carbocycles. The number of carbonyl (C=O) groups excluding carboxylic acids is 1. The number of aliphatic hydroxyl groups is 1. The number of furan rings is 1. The maximum atomic E-state index is 16.0. The molecule has 3 atom stereocenters. The first-order chi connectivity index (χ1) is 26.2. The van der Waals surface area contributed by atoms with Gasteiger partial charge in [0, 0.05) is 11.6 Å². The van der Waals surface area contributed by atoms with Gasteiger partial charge in [0.05, 0.1) is 46.4 Å². The number of likely N-dealkylation sites (N-methyl/N-ethyl adjacent to an activating group) is 2. The number of amides is 1. The molecule has 4 aromatic rings. The number of nitrogens with one attached hydrogen (secondary N) is 1. The van der Waals surface area contributed by atoms with Crippen molar-refractivity contribution >= 4 is 22.9 Å². The Balaban J connectivity index is 1.21. The number of methoxy groups -OCH3 is 1. The van der Waals surface area contributed by atoms with Crippen LogP contribution >= 0.6 is 0 Å². The highest BCUT2D eigenvalue weighted by Crippen LogP contribution is 2.46. The average Bonchev–Trinajstić information content (AvgIpc) is 3.71. The van der Waals surface area contributed by atoms with Gasteiger partial charge in [0.2, 0.25) is 12.4 Å². The number of quaternary nitrogens is 2. The zero-order chi connectivity index (χ0) is 40.1. The number of carbonyl (C=O) groups is 1. The minimum atomic E-state index is -3.81. The van der Waals surface area contributed by atoms with Gasteiger partial charge in [0.15, 0.2) is 12.2 Å². The highest BCUT2D eigenvalue weighted by atomic mass is 19.3. The van der Waals surface area contributed by atoms with Gasteiger partial charge in [0.1, 0.15) is 41.9 Å². The molecule has 3 heterocycles. The molecule has 1 amide bonds. The number of aromatic nitrogens is 2. The Labute approximate surface area is 320 Å². The second-order valence-corrected chi connectivity index (χ2v) is 14.0. The monoisotopic (exact) mass is 771 g/mol. The maximum absolute atomic E-state index is 16.0. The number of hydrogen-bond acceptors (Lipinski definition) is 9. The number of alkyl halides is 2. The molecule has 2 aromatic heterocycles. The largest absolute Gasteiger partial charge is 0.497 e. The summed E-state index contributed by atoms with van der Waals surface area (Å²) in [7, 11) is 1.62. The molecular weight excluding hydrogens is 716 g/mol. The standard InChI is InChI=1S/C40H54F2N5O8/c1-9-46(10-2,11-3)36(47(12-4,13-5)14-6)34-35(48)40(41,42)37(55-34)45-20-19-32(43-38(45)49)44-39(50)53-24-27-15-17-29(18-16-27)52-25-31-23-28-22-30(51-8)21-26(7)33(28)54-31/h15-23,34-37,48H,9-14,24-25H2,1-8H3/q+1/p+1/t34-,35+,37+/m0/s1. The average molecular weight is 772 g/mol. The van der Waals surface area contributed by atoms with Gasteiger partial charge in [-0.05, 0) is 96.0 Å². The van der Waals surface area contributed by atoms with Crippen molar-refractivity contribution in [3.63, 3.8) is 0 Å². The Morgan fingerprint density at radius 2 is 1.56 bits per heavy atom. The van der Waals surface area contributed by atoms with Gasteiger partial charge in [-0.3, -0.25) is 18.8 Å². The first-order valence-corrected chi connectivity index (χ1v) is 19.0. The minimum Gasteiger partial charge on any atom is -0.497 e. The van der Waals surface area contributed by atoms with E-state index in [4.69, 9.17) is 23.4 Å². The second kappa shape index (κ2) is 17.1. The van der Waals surface area contributed by atoms with Gasteiger partial charge in [-0.2, -0.15) is 13.8 Å². The Kier molecular flexibility index (Phi) is 12.9. The molecule has 15 heteroatoms. The van der Waals surface area contributed by atoms with E-state index < -0.39 is 42.3 Å². The van der Waals surface area contributed by atoms with Crippen LogP contribution in [-0.2, 0) is 22.7 Å². The van der Waals surface area contributed by atoms with Crippen LogP contribution in [0.2, 0.25) is 0 Å². The number of aryl methyl sites for hydroxylation is 1. The predicted octanol–water partition coefficient (Wildman–Crippen LogP) is 6.61. The number of halogens is 2. The number of benzene rings is 2. The molecule has 13 nitrogen and oxygen atoms in total. The normalized spacial score (nSPS) is 18.5. The zero-order valence-electron chi connectivity index (χ0n) is 33.0. The first kappa shape index (κ1) is 41.6. The molecule has 0 spiro atoms. The number of anilines is 1. The Morgan fingerprint density at radius 3 is 2.13 bits per heavy atom. The molecular formula is C40H55F2N5O8+2. The highest BCUT2D eigenvalue weighted by molar-refractivity contribution is 5.83. The lowest BCUT2D eigenvalue weighted by atomic mass is 10.00. The fraction of sp³-hybridized carbons (Fsp3) is 0.525. The van der Waals surface area contributed by atoms with Crippen LogP contribution < -0.4 is 20.5 Å². The molecule has 0 radical (unpaired) electrons. The number of aliphatic hydroxyl groups excluding tert-OH is 1. The molecule has 0 saturated carbocycles. The molecule has 1 saturated heterocycles. The Bertz CT molecular complexity index is 1940. The van der Waals surface area contributed by atoms with Crippen molar-refractivity contribution in [3.8, 4) is 11.5 Å². The fourth-order valence-electron chi connectivity index (χ4n) is 8.09.